The first kappa shape index (κ1) is 13.4. The van der Waals surface area contributed by atoms with E-state index in [0.717, 1.165) is 28.8 Å². The summed E-state index contributed by atoms with van der Waals surface area (Å²) < 4.78 is 5.22. The molecule has 2 rings (SSSR count). The van der Waals surface area contributed by atoms with Crippen LogP contribution in [0.15, 0.2) is 22.8 Å². The van der Waals surface area contributed by atoms with Gasteiger partial charge in [0.2, 0.25) is 0 Å². The van der Waals surface area contributed by atoms with Crippen LogP contribution in [-0.4, -0.2) is 14.3 Å². The first-order valence-electron chi connectivity index (χ1n) is 6.15. The Hall–Kier alpha value is -1.07. The van der Waals surface area contributed by atoms with Crippen molar-refractivity contribution < 1.29 is 0 Å². The lowest BCUT2D eigenvalue weighted by molar-refractivity contribution is 0.623. The van der Waals surface area contributed by atoms with Crippen molar-refractivity contribution >= 4 is 15.9 Å². The van der Waals surface area contributed by atoms with Gasteiger partial charge in [-0.2, -0.15) is 5.10 Å². The molecule has 0 radical (unpaired) electrons. The Balaban J connectivity index is 2.34. The molecular formula is C13H19BrN4. The van der Waals surface area contributed by atoms with Gasteiger partial charge in [-0.15, -0.1) is 0 Å². The highest BCUT2D eigenvalue weighted by Gasteiger charge is 2.14. The van der Waals surface area contributed by atoms with Crippen molar-refractivity contribution in [2.45, 2.75) is 32.9 Å². The van der Waals surface area contributed by atoms with E-state index in [9.17, 15) is 0 Å². The van der Waals surface area contributed by atoms with E-state index in [2.05, 4.69) is 44.8 Å². The number of nitrogens with zero attached hydrogens (tertiary/aromatic N) is 3. The smallest absolute Gasteiger partial charge is 0.0767 e. The van der Waals surface area contributed by atoms with Gasteiger partial charge in [0.05, 0.1) is 22.4 Å². The van der Waals surface area contributed by atoms with Crippen LogP contribution in [0.4, 0.5) is 0 Å². The Bertz CT molecular complexity index is 539. The van der Waals surface area contributed by atoms with Crippen molar-refractivity contribution in [1.82, 2.24) is 14.3 Å². The monoisotopic (exact) mass is 310 g/mol. The van der Waals surface area contributed by atoms with Gasteiger partial charge in [-0.1, -0.05) is 6.92 Å². The second-order valence-electron chi connectivity index (χ2n) is 4.53. The van der Waals surface area contributed by atoms with E-state index in [1.807, 2.05) is 24.7 Å². The molecule has 0 aliphatic heterocycles. The molecule has 1 atom stereocenters. The van der Waals surface area contributed by atoms with Crippen molar-refractivity contribution in [2.75, 3.05) is 0 Å². The molecule has 0 aliphatic rings. The lowest BCUT2D eigenvalue weighted by Crippen LogP contribution is -2.14. The minimum Gasteiger partial charge on any atom is -0.344 e. The predicted molar refractivity (Wildman–Crippen MR) is 76.4 cm³/mol. The van der Waals surface area contributed by atoms with Gasteiger partial charge >= 0.3 is 0 Å². The summed E-state index contributed by atoms with van der Waals surface area (Å²) >= 11 is 3.64. The third-order valence-corrected chi connectivity index (χ3v) is 4.07. The Morgan fingerprint density at radius 3 is 2.78 bits per heavy atom. The maximum Gasteiger partial charge on any atom is 0.0767 e. The van der Waals surface area contributed by atoms with Gasteiger partial charge in [0.15, 0.2) is 0 Å². The fraction of sp³-hybridized carbons (Fsp3) is 0.462. The molecule has 0 aliphatic carbocycles. The van der Waals surface area contributed by atoms with E-state index in [1.54, 1.807) is 0 Å². The molecule has 2 heterocycles. The average Bonchev–Trinajstić information content (AvgIpc) is 2.88. The number of aromatic nitrogens is 3. The molecule has 2 aromatic heterocycles. The molecule has 1 unspecified atom stereocenters. The molecule has 4 nitrogen and oxygen atoms in total. The van der Waals surface area contributed by atoms with E-state index < -0.39 is 0 Å². The highest BCUT2D eigenvalue weighted by molar-refractivity contribution is 9.10. The van der Waals surface area contributed by atoms with Gasteiger partial charge in [0.1, 0.15) is 0 Å². The van der Waals surface area contributed by atoms with Crippen LogP contribution in [0.2, 0.25) is 0 Å². The van der Waals surface area contributed by atoms with Crippen LogP contribution < -0.4 is 5.73 Å². The zero-order valence-electron chi connectivity index (χ0n) is 11.0. The summed E-state index contributed by atoms with van der Waals surface area (Å²) in [6.45, 7) is 4.90. The van der Waals surface area contributed by atoms with Crippen LogP contribution in [0.5, 0.6) is 0 Å². The second-order valence-corrected chi connectivity index (χ2v) is 5.33. The molecule has 98 valence electrons. The van der Waals surface area contributed by atoms with Crippen molar-refractivity contribution in [2.24, 2.45) is 12.8 Å². The third kappa shape index (κ3) is 2.37. The molecule has 0 spiro atoms. The second kappa shape index (κ2) is 5.28. The lowest BCUT2D eigenvalue weighted by atomic mass is 10.2. The highest BCUT2D eigenvalue weighted by Crippen LogP contribution is 2.23. The SMILES string of the molecule is CCc1nn(C)c(Cn2cccc2C(C)N)c1Br. The van der Waals surface area contributed by atoms with Crippen molar-refractivity contribution in [3.63, 3.8) is 0 Å². The molecule has 2 N–H and O–H groups in total. The standard InChI is InChI=1S/C13H19BrN4/c1-4-10-13(14)12(17(3)16-10)8-18-7-5-6-11(18)9(2)15/h5-7,9H,4,8,15H2,1-3H3. The topological polar surface area (TPSA) is 48.8 Å². The molecule has 0 aromatic carbocycles. The quantitative estimate of drug-likeness (QED) is 0.943. The summed E-state index contributed by atoms with van der Waals surface area (Å²) in [5.74, 6) is 0. The van der Waals surface area contributed by atoms with E-state index in [-0.39, 0.29) is 6.04 Å². The Morgan fingerprint density at radius 1 is 1.50 bits per heavy atom. The van der Waals surface area contributed by atoms with Crippen molar-refractivity contribution in [1.29, 1.82) is 0 Å². The van der Waals surface area contributed by atoms with Gasteiger partial charge < -0.3 is 10.3 Å². The van der Waals surface area contributed by atoms with Crippen LogP contribution in [-0.2, 0) is 20.0 Å². The maximum absolute atomic E-state index is 5.97. The third-order valence-electron chi connectivity index (χ3n) is 3.15. The van der Waals surface area contributed by atoms with Gasteiger partial charge in [0, 0.05) is 25.0 Å². The minimum atomic E-state index is 0.0395. The lowest BCUT2D eigenvalue weighted by Gasteiger charge is -2.12. The van der Waals surface area contributed by atoms with Gasteiger partial charge in [-0.05, 0) is 41.4 Å². The van der Waals surface area contributed by atoms with Gasteiger partial charge in [0.25, 0.3) is 0 Å². The van der Waals surface area contributed by atoms with Crippen LogP contribution in [0.25, 0.3) is 0 Å². The molecule has 5 heteroatoms. The number of nitrogens with two attached hydrogens (primary N) is 1. The first-order valence-corrected chi connectivity index (χ1v) is 6.94. The summed E-state index contributed by atoms with van der Waals surface area (Å²) in [6, 6.07) is 4.14. The van der Waals surface area contributed by atoms with Crippen LogP contribution in [0.3, 0.4) is 0 Å². The predicted octanol–water partition coefficient (Wildman–Crippen LogP) is 2.61. The van der Waals surface area contributed by atoms with Crippen LogP contribution in [0.1, 0.15) is 37.0 Å². The first-order chi connectivity index (χ1) is 8.54. The van der Waals surface area contributed by atoms with Gasteiger partial charge in [-0.3, -0.25) is 4.68 Å². The zero-order chi connectivity index (χ0) is 13.3. The Morgan fingerprint density at radius 2 is 2.22 bits per heavy atom. The molecule has 0 amide bonds. The number of aryl methyl sites for hydroxylation is 2. The van der Waals surface area contributed by atoms with E-state index in [1.165, 1.54) is 5.69 Å². The molecule has 2 aromatic rings. The molecule has 0 saturated heterocycles. The van der Waals surface area contributed by atoms with Crippen LogP contribution in [0, 0.1) is 0 Å². The van der Waals surface area contributed by atoms with E-state index >= 15 is 0 Å². The zero-order valence-corrected chi connectivity index (χ0v) is 12.6. The fourth-order valence-corrected chi connectivity index (χ4v) is 2.88. The van der Waals surface area contributed by atoms with E-state index in [4.69, 9.17) is 5.73 Å². The van der Waals surface area contributed by atoms with Crippen molar-refractivity contribution in [3.8, 4) is 0 Å². The highest BCUT2D eigenvalue weighted by atomic mass is 79.9. The fourth-order valence-electron chi connectivity index (χ4n) is 2.14. The Kier molecular flexibility index (Phi) is 3.92. The molecule has 18 heavy (non-hydrogen) atoms. The number of hydrogen-bond donors (Lipinski definition) is 1. The summed E-state index contributed by atoms with van der Waals surface area (Å²) in [6.07, 6.45) is 2.99. The molecular weight excluding hydrogens is 292 g/mol. The largest absolute Gasteiger partial charge is 0.344 e. The molecule has 0 saturated carbocycles. The van der Waals surface area contributed by atoms with Crippen LogP contribution >= 0.6 is 15.9 Å². The minimum absolute atomic E-state index is 0.0395. The number of hydrogen-bond acceptors (Lipinski definition) is 2. The summed E-state index contributed by atoms with van der Waals surface area (Å²) in [7, 11) is 1.98. The average molecular weight is 311 g/mol. The number of halogens is 1. The normalized spacial score (nSPS) is 12.9. The Labute approximate surface area is 116 Å². The summed E-state index contributed by atoms with van der Waals surface area (Å²) in [5.41, 5.74) is 9.38. The summed E-state index contributed by atoms with van der Waals surface area (Å²) in [4.78, 5) is 0. The maximum atomic E-state index is 5.97. The molecule has 0 fully saturated rings. The van der Waals surface area contributed by atoms with E-state index in [0.29, 0.717) is 0 Å². The van der Waals surface area contributed by atoms with Gasteiger partial charge in [-0.25, -0.2) is 0 Å². The molecule has 0 bridgehead atoms. The van der Waals surface area contributed by atoms with Crippen molar-refractivity contribution in [3.05, 3.63) is 39.9 Å². The summed E-state index contributed by atoms with van der Waals surface area (Å²) in [5, 5.41) is 4.51. The number of rotatable bonds is 4.